The van der Waals surface area contributed by atoms with Crippen molar-refractivity contribution in [2.24, 2.45) is 0 Å². The van der Waals surface area contributed by atoms with Crippen molar-refractivity contribution in [1.29, 1.82) is 0 Å². The van der Waals surface area contributed by atoms with Crippen LogP contribution in [0.25, 0.3) is 16.6 Å². The van der Waals surface area contributed by atoms with Gasteiger partial charge in [-0.25, -0.2) is 9.97 Å². The number of ketones is 1. The predicted molar refractivity (Wildman–Crippen MR) is 209 cm³/mol. The first-order chi connectivity index (χ1) is 26.2. The summed E-state index contributed by atoms with van der Waals surface area (Å²) < 4.78 is 13.5. The van der Waals surface area contributed by atoms with Crippen molar-refractivity contribution in [2.75, 3.05) is 70.4 Å². The highest BCUT2D eigenvalue weighted by Crippen LogP contribution is 2.28. The fourth-order valence-electron chi connectivity index (χ4n) is 6.85. The van der Waals surface area contributed by atoms with E-state index in [-0.39, 0.29) is 36.5 Å². The molecule has 0 N–H and O–H groups in total. The molecule has 0 spiro atoms. The third-order valence-corrected chi connectivity index (χ3v) is 9.96. The van der Waals surface area contributed by atoms with E-state index < -0.39 is 0 Å². The summed E-state index contributed by atoms with van der Waals surface area (Å²) in [7, 11) is 0. The fraction of sp³-hybridized carbons (Fsp3) is 0.341. The maximum Gasteiger partial charge on any atom is 0.266 e. The summed E-state index contributed by atoms with van der Waals surface area (Å²) in [6.45, 7) is 9.58. The molecule has 2 fully saturated rings. The zero-order valence-electron chi connectivity index (χ0n) is 30.6. The lowest BCUT2D eigenvalue weighted by Crippen LogP contribution is -2.50. The van der Waals surface area contributed by atoms with Crippen molar-refractivity contribution in [3.8, 4) is 17.2 Å². The number of anilines is 1. The maximum atomic E-state index is 14.4. The van der Waals surface area contributed by atoms with Crippen LogP contribution >= 0.6 is 11.6 Å². The maximum absolute atomic E-state index is 14.4. The van der Waals surface area contributed by atoms with E-state index in [1.807, 2.05) is 50.2 Å². The molecule has 0 atom stereocenters. The summed E-state index contributed by atoms with van der Waals surface area (Å²) in [6.07, 6.45) is 1.62. The SMILES string of the molecule is CC(C)Oc1ccc(C(=O)CN2CCN(c3ccccn3)CC2)cc1-n1c(CN2CCN(C(=O)COc3ccc(Cl)cc3)CC2)nc2ccccc2c1=O. The second-order valence-corrected chi connectivity index (χ2v) is 14.2. The van der Waals surface area contributed by atoms with E-state index in [1.165, 1.54) is 0 Å². The molecule has 0 aliphatic carbocycles. The van der Waals surface area contributed by atoms with E-state index >= 15 is 0 Å². The smallest absolute Gasteiger partial charge is 0.266 e. The summed E-state index contributed by atoms with van der Waals surface area (Å²) in [5.41, 5.74) is 1.31. The van der Waals surface area contributed by atoms with E-state index in [0.717, 1.165) is 32.0 Å². The Balaban J connectivity index is 1.10. The fourth-order valence-corrected chi connectivity index (χ4v) is 6.97. The molecule has 2 aromatic heterocycles. The molecule has 0 bridgehead atoms. The van der Waals surface area contributed by atoms with E-state index in [2.05, 4.69) is 19.7 Å². The molecule has 13 heteroatoms. The number of para-hydroxylation sites is 1. The van der Waals surface area contributed by atoms with Gasteiger partial charge in [-0.15, -0.1) is 0 Å². The minimum absolute atomic E-state index is 0.0391. The minimum Gasteiger partial charge on any atom is -0.489 e. The van der Waals surface area contributed by atoms with Crippen LogP contribution in [0.15, 0.2) is 95.9 Å². The van der Waals surface area contributed by atoms with Gasteiger partial charge >= 0.3 is 0 Å². The van der Waals surface area contributed by atoms with Crippen LogP contribution in [0.3, 0.4) is 0 Å². The number of nitrogens with zero attached hydrogens (tertiary/aromatic N) is 7. The number of Topliss-reactive ketones (excluding diaryl/α,β-unsaturated/α-hetero) is 1. The Kier molecular flexibility index (Phi) is 11.5. The van der Waals surface area contributed by atoms with Gasteiger partial charge in [0.05, 0.1) is 35.8 Å². The molecule has 4 heterocycles. The van der Waals surface area contributed by atoms with Crippen LogP contribution in [0.4, 0.5) is 5.82 Å². The lowest BCUT2D eigenvalue weighted by Gasteiger charge is -2.35. The molecule has 2 saturated heterocycles. The molecular formula is C41H44ClN7O5. The van der Waals surface area contributed by atoms with Crippen molar-refractivity contribution in [1.82, 2.24) is 29.2 Å². The zero-order valence-corrected chi connectivity index (χ0v) is 31.3. The third-order valence-electron chi connectivity index (χ3n) is 9.71. The van der Waals surface area contributed by atoms with Crippen LogP contribution in [-0.2, 0) is 11.3 Å². The van der Waals surface area contributed by atoms with Gasteiger partial charge in [0.25, 0.3) is 11.5 Å². The highest BCUT2D eigenvalue weighted by molar-refractivity contribution is 6.30. The highest BCUT2D eigenvalue weighted by atomic mass is 35.5. The number of benzene rings is 3. The van der Waals surface area contributed by atoms with Crippen molar-refractivity contribution in [2.45, 2.75) is 26.5 Å². The Bertz CT molecular complexity index is 2150. The van der Waals surface area contributed by atoms with Gasteiger partial charge in [-0.1, -0.05) is 29.8 Å². The van der Waals surface area contributed by atoms with E-state index in [9.17, 15) is 14.4 Å². The monoisotopic (exact) mass is 749 g/mol. The number of carbonyl (C=O) groups excluding carboxylic acids is 2. The van der Waals surface area contributed by atoms with Crippen LogP contribution in [0.2, 0.25) is 5.02 Å². The number of hydrogen-bond donors (Lipinski definition) is 0. The summed E-state index contributed by atoms with van der Waals surface area (Å²) >= 11 is 5.97. The molecule has 54 heavy (non-hydrogen) atoms. The first-order valence-corrected chi connectivity index (χ1v) is 18.7. The number of rotatable bonds is 12. The van der Waals surface area contributed by atoms with E-state index in [1.54, 1.807) is 64.2 Å². The molecular weight excluding hydrogens is 706 g/mol. The van der Waals surface area contributed by atoms with Crippen LogP contribution < -0.4 is 19.9 Å². The second kappa shape index (κ2) is 16.8. The predicted octanol–water partition coefficient (Wildman–Crippen LogP) is 4.95. The third kappa shape index (κ3) is 8.73. The topological polar surface area (TPSA) is 113 Å². The summed E-state index contributed by atoms with van der Waals surface area (Å²) in [6, 6.07) is 25.4. The number of ether oxygens (including phenoxy) is 2. The van der Waals surface area contributed by atoms with Crippen LogP contribution in [0, 0.1) is 0 Å². The van der Waals surface area contributed by atoms with Crippen LogP contribution in [0.1, 0.15) is 30.0 Å². The van der Waals surface area contributed by atoms with Gasteiger partial charge in [-0.3, -0.25) is 28.8 Å². The number of pyridine rings is 1. The number of amides is 1. The average Bonchev–Trinajstić information content (AvgIpc) is 3.19. The molecule has 0 saturated carbocycles. The molecule has 5 aromatic rings. The lowest BCUT2D eigenvalue weighted by molar-refractivity contribution is -0.135. The van der Waals surface area contributed by atoms with Gasteiger partial charge in [0.1, 0.15) is 23.1 Å². The molecule has 2 aliphatic heterocycles. The molecule has 1 amide bonds. The normalized spacial score (nSPS) is 15.5. The number of aromatic nitrogens is 3. The van der Waals surface area contributed by atoms with E-state index in [4.69, 9.17) is 26.1 Å². The number of piperazine rings is 2. The lowest BCUT2D eigenvalue weighted by atomic mass is 10.1. The van der Waals surface area contributed by atoms with Gasteiger partial charge < -0.3 is 19.3 Å². The Morgan fingerprint density at radius 2 is 1.56 bits per heavy atom. The molecule has 2 aliphatic rings. The average molecular weight is 750 g/mol. The minimum atomic E-state index is -0.243. The molecule has 0 unspecified atom stereocenters. The zero-order chi connectivity index (χ0) is 37.6. The van der Waals surface area contributed by atoms with Crippen molar-refractivity contribution < 1.29 is 19.1 Å². The molecule has 3 aromatic carbocycles. The van der Waals surface area contributed by atoms with Gasteiger partial charge in [-0.05, 0) is 80.6 Å². The Morgan fingerprint density at radius 1 is 0.833 bits per heavy atom. The Labute approximate surface area is 319 Å². The number of fused-ring (bicyclic) bond motifs is 1. The standard InChI is InChI=1S/C41H44ClN7O5/c1-29(2)54-37-15-10-30(36(50)26-45-17-21-47(22-18-45)38-9-5-6-16-43-38)25-35(37)49-39(44-34-8-4-3-7-33(34)41(49)52)27-46-19-23-48(24-20-46)40(51)28-53-32-13-11-31(42)12-14-32/h3-16,25,29H,17-24,26-28H2,1-2H3. The van der Waals surface area contributed by atoms with Crippen molar-refractivity contribution >= 4 is 40.0 Å². The largest absolute Gasteiger partial charge is 0.489 e. The molecule has 12 nitrogen and oxygen atoms in total. The molecule has 280 valence electrons. The second-order valence-electron chi connectivity index (χ2n) is 13.8. The van der Waals surface area contributed by atoms with Crippen molar-refractivity contribution in [3.63, 3.8) is 0 Å². The Hall–Kier alpha value is -5.30. The number of carbonyl (C=O) groups is 2. The van der Waals surface area contributed by atoms with Crippen LogP contribution in [-0.4, -0.2) is 113 Å². The first kappa shape index (κ1) is 37.0. The first-order valence-electron chi connectivity index (χ1n) is 18.3. The van der Waals surface area contributed by atoms with Gasteiger partial charge in [0, 0.05) is 69.1 Å². The summed E-state index contributed by atoms with van der Waals surface area (Å²) in [4.78, 5) is 59.1. The van der Waals surface area contributed by atoms with Gasteiger partial charge in [0.15, 0.2) is 12.4 Å². The van der Waals surface area contributed by atoms with E-state index in [0.29, 0.717) is 77.2 Å². The molecule has 0 radical (unpaired) electrons. The quantitative estimate of drug-likeness (QED) is 0.163. The summed E-state index contributed by atoms with van der Waals surface area (Å²) in [5, 5.41) is 1.07. The van der Waals surface area contributed by atoms with Gasteiger partial charge in [0.2, 0.25) is 0 Å². The summed E-state index contributed by atoms with van der Waals surface area (Å²) in [5.74, 6) is 2.39. The number of hydrogen-bond acceptors (Lipinski definition) is 10. The Morgan fingerprint density at radius 3 is 2.28 bits per heavy atom. The highest BCUT2D eigenvalue weighted by Gasteiger charge is 2.26. The van der Waals surface area contributed by atoms with Crippen LogP contribution in [0.5, 0.6) is 11.5 Å². The molecule has 7 rings (SSSR count). The number of halogens is 1. The van der Waals surface area contributed by atoms with Crippen molar-refractivity contribution in [3.05, 3.63) is 118 Å². The van der Waals surface area contributed by atoms with Gasteiger partial charge in [-0.2, -0.15) is 0 Å².